The smallest absolute Gasteiger partial charge is 0.325 e. The Morgan fingerprint density at radius 2 is 2.09 bits per heavy atom. The van der Waals surface area contributed by atoms with Gasteiger partial charge in [-0.15, -0.1) is 0 Å². The van der Waals surface area contributed by atoms with Crippen molar-refractivity contribution in [3.8, 4) is 0 Å². The fourth-order valence-electron chi connectivity index (χ4n) is 1.89. The van der Waals surface area contributed by atoms with Crippen LogP contribution in [0.1, 0.15) is 24.6 Å². The first-order valence-electron chi connectivity index (χ1n) is 7.15. The molecule has 0 bridgehead atoms. The third kappa shape index (κ3) is 6.33. The normalized spacial score (nSPS) is 13.9. The van der Waals surface area contributed by atoms with Crippen LogP contribution in [0.25, 0.3) is 6.08 Å². The van der Waals surface area contributed by atoms with Crippen molar-refractivity contribution in [2.75, 3.05) is 18.1 Å². The van der Waals surface area contributed by atoms with E-state index in [4.69, 9.17) is 0 Å². The molecule has 9 heteroatoms. The van der Waals surface area contributed by atoms with Gasteiger partial charge in [0.15, 0.2) is 0 Å². The van der Waals surface area contributed by atoms with E-state index < -0.39 is 34.0 Å². The lowest BCUT2D eigenvalue weighted by molar-refractivity contribution is -0.117. The molecule has 1 aromatic heterocycles. The maximum absolute atomic E-state index is 11.8. The second-order valence-corrected chi connectivity index (χ2v) is 6.60. The van der Waals surface area contributed by atoms with Crippen molar-refractivity contribution in [2.24, 2.45) is 0 Å². The summed E-state index contributed by atoms with van der Waals surface area (Å²) in [6.07, 6.45) is 3.16. The molecule has 1 heterocycles. The van der Waals surface area contributed by atoms with Gasteiger partial charge in [0.25, 0.3) is 5.56 Å². The number of aliphatic hydroxyl groups excluding tert-OH is 1. The van der Waals surface area contributed by atoms with Crippen LogP contribution in [0, 0.1) is 6.92 Å². The van der Waals surface area contributed by atoms with E-state index in [0.717, 1.165) is 12.5 Å². The number of amides is 1. The van der Waals surface area contributed by atoms with E-state index >= 15 is 0 Å². The highest BCUT2D eigenvalue weighted by Gasteiger charge is 2.13. The third-order valence-electron chi connectivity index (χ3n) is 2.96. The topological polar surface area (TPSA) is 132 Å². The second kappa shape index (κ2) is 9.21. The van der Waals surface area contributed by atoms with E-state index in [-0.39, 0.29) is 17.9 Å². The molecule has 23 heavy (non-hydrogen) atoms. The van der Waals surface area contributed by atoms with Crippen molar-refractivity contribution in [3.05, 3.63) is 38.2 Å². The predicted molar refractivity (Wildman–Crippen MR) is 88.6 cm³/mol. The number of aliphatic hydroxyl groups is 1. The molecule has 1 rings (SSSR count). The molecule has 0 saturated heterocycles. The fraction of sp³-hybridized carbons (Fsp3) is 0.500. The number of nitrogens with one attached hydrogen (secondary N) is 3. The number of aryl methyl sites for hydroxylation is 1. The molecule has 0 radical (unpaired) electrons. The van der Waals surface area contributed by atoms with Crippen molar-refractivity contribution in [1.82, 2.24) is 15.3 Å². The van der Waals surface area contributed by atoms with Crippen LogP contribution in [0.2, 0.25) is 0 Å². The number of rotatable bonds is 8. The highest BCUT2D eigenvalue weighted by molar-refractivity contribution is 7.85. The average molecular weight is 343 g/mol. The number of H-pyrrole nitrogens is 2. The fourth-order valence-corrected chi connectivity index (χ4v) is 3.15. The van der Waals surface area contributed by atoms with Crippen molar-refractivity contribution < 1.29 is 14.1 Å². The molecule has 1 aromatic rings. The standard InChI is InChI=1S/C14H21N3O5S/c1-3-6-23(22)8-10(7-18)16-12(19)5-4-11-9(2)15-14(21)17-13(11)20/h4-5,10,18H,3,6-8H2,1-2H3,(H,16,19)(H2,15,17,20,21)/b5-4+. The minimum Gasteiger partial charge on any atom is -0.394 e. The maximum Gasteiger partial charge on any atom is 0.325 e. The maximum atomic E-state index is 11.8. The van der Waals surface area contributed by atoms with E-state index in [1.165, 1.54) is 6.08 Å². The van der Waals surface area contributed by atoms with Gasteiger partial charge in [-0.25, -0.2) is 4.79 Å². The van der Waals surface area contributed by atoms with Crippen molar-refractivity contribution in [1.29, 1.82) is 0 Å². The Kier molecular flexibility index (Phi) is 7.63. The molecule has 8 nitrogen and oxygen atoms in total. The summed E-state index contributed by atoms with van der Waals surface area (Å²) < 4.78 is 11.6. The monoisotopic (exact) mass is 343 g/mol. The zero-order valence-electron chi connectivity index (χ0n) is 13.0. The van der Waals surface area contributed by atoms with Gasteiger partial charge in [0.05, 0.1) is 18.2 Å². The largest absolute Gasteiger partial charge is 0.394 e. The van der Waals surface area contributed by atoms with Crippen LogP contribution in [0.5, 0.6) is 0 Å². The molecule has 0 aliphatic heterocycles. The van der Waals surface area contributed by atoms with Crippen LogP contribution in [-0.2, 0) is 15.6 Å². The lowest BCUT2D eigenvalue weighted by Crippen LogP contribution is -2.40. The summed E-state index contributed by atoms with van der Waals surface area (Å²) in [5.41, 5.74) is -0.716. The molecule has 0 aromatic carbocycles. The molecule has 2 atom stereocenters. The zero-order chi connectivity index (χ0) is 17.4. The van der Waals surface area contributed by atoms with Crippen LogP contribution < -0.4 is 16.6 Å². The van der Waals surface area contributed by atoms with Crippen molar-refractivity contribution >= 4 is 22.8 Å². The number of carbonyl (C=O) groups excluding carboxylic acids is 1. The number of hydrogen-bond donors (Lipinski definition) is 4. The van der Waals surface area contributed by atoms with Gasteiger partial charge in [-0.2, -0.15) is 0 Å². The van der Waals surface area contributed by atoms with E-state index in [1.54, 1.807) is 6.92 Å². The van der Waals surface area contributed by atoms with Crippen LogP contribution in [-0.4, -0.2) is 49.3 Å². The Hall–Kier alpha value is -2.00. The first kappa shape index (κ1) is 19.0. The summed E-state index contributed by atoms with van der Waals surface area (Å²) in [5.74, 6) is 0.152. The molecular weight excluding hydrogens is 322 g/mol. The van der Waals surface area contributed by atoms with Gasteiger partial charge >= 0.3 is 5.69 Å². The molecule has 0 aliphatic carbocycles. The lowest BCUT2D eigenvalue weighted by atomic mass is 10.2. The molecule has 2 unspecified atom stereocenters. The average Bonchev–Trinajstić information content (AvgIpc) is 2.45. The van der Waals surface area contributed by atoms with Crippen LogP contribution in [0.4, 0.5) is 0 Å². The van der Waals surface area contributed by atoms with Gasteiger partial charge in [-0.3, -0.25) is 18.8 Å². The molecule has 128 valence electrons. The van der Waals surface area contributed by atoms with Crippen LogP contribution in [0.3, 0.4) is 0 Å². The third-order valence-corrected chi connectivity index (χ3v) is 4.60. The Bertz CT molecular complexity index is 707. The minimum absolute atomic E-state index is 0.162. The summed E-state index contributed by atoms with van der Waals surface area (Å²) in [6, 6.07) is -0.616. The van der Waals surface area contributed by atoms with Gasteiger partial charge in [-0.1, -0.05) is 6.92 Å². The van der Waals surface area contributed by atoms with Gasteiger partial charge in [0.1, 0.15) is 0 Å². The molecular formula is C14H21N3O5S. The number of aromatic nitrogens is 2. The quantitative estimate of drug-likeness (QED) is 0.451. The summed E-state index contributed by atoms with van der Waals surface area (Å²) in [7, 11) is -1.11. The van der Waals surface area contributed by atoms with Gasteiger partial charge in [0, 0.05) is 34.1 Å². The summed E-state index contributed by atoms with van der Waals surface area (Å²) in [5, 5.41) is 11.8. The zero-order valence-corrected chi connectivity index (χ0v) is 13.9. The Morgan fingerprint density at radius 3 is 2.65 bits per heavy atom. The highest BCUT2D eigenvalue weighted by atomic mass is 32.2. The first-order chi connectivity index (χ1) is 10.9. The van der Waals surface area contributed by atoms with E-state index in [1.807, 2.05) is 6.92 Å². The number of hydrogen-bond acceptors (Lipinski definition) is 5. The van der Waals surface area contributed by atoms with Gasteiger partial charge in [0.2, 0.25) is 5.91 Å². The first-order valence-corrected chi connectivity index (χ1v) is 8.63. The molecule has 0 saturated carbocycles. The van der Waals surface area contributed by atoms with Crippen molar-refractivity contribution in [2.45, 2.75) is 26.3 Å². The number of carbonyl (C=O) groups is 1. The Morgan fingerprint density at radius 1 is 1.39 bits per heavy atom. The summed E-state index contributed by atoms with van der Waals surface area (Å²) >= 11 is 0. The summed E-state index contributed by atoms with van der Waals surface area (Å²) in [6.45, 7) is 3.11. The van der Waals surface area contributed by atoms with Gasteiger partial charge < -0.3 is 15.4 Å². The van der Waals surface area contributed by atoms with E-state index in [0.29, 0.717) is 11.4 Å². The van der Waals surface area contributed by atoms with E-state index in [9.17, 15) is 23.7 Å². The Labute approximate surface area is 135 Å². The predicted octanol–water partition coefficient (Wildman–Crippen LogP) is -0.979. The van der Waals surface area contributed by atoms with E-state index in [2.05, 4.69) is 15.3 Å². The number of aromatic amines is 2. The molecule has 4 N–H and O–H groups in total. The highest BCUT2D eigenvalue weighted by Crippen LogP contribution is 1.98. The molecule has 0 fully saturated rings. The van der Waals surface area contributed by atoms with Crippen LogP contribution >= 0.6 is 0 Å². The molecule has 0 spiro atoms. The van der Waals surface area contributed by atoms with Crippen molar-refractivity contribution in [3.63, 3.8) is 0 Å². The Balaban J connectivity index is 2.74. The summed E-state index contributed by atoms with van der Waals surface area (Å²) in [4.78, 5) is 39.0. The second-order valence-electron chi connectivity index (χ2n) is 4.98. The minimum atomic E-state index is -1.11. The lowest BCUT2D eigenvalue weighted by Gasteiger charge is -2.14. The molecule has 0 aliphatic rings. The molecule has 1 amide bonds. The van der Waals surface area contributed by atoms with Gasteiger partial charge in [-0.05, 0) is 19.4 Å². The SMILES string of the molecule is CCCS(=O)CC(CO)NC(=O)/C=C/c1c(C)[nH]c(=O)[nH]c1=O. The van der Waals surface area contributed by atoms with Crippen LogP contribution in [0.15, 0.2) is 15.7 Å².